The highest BCUT2D eigenvalue weighted by Gasteiger charge is 2.16. The summed E-state index contributed by atoms with van der Waals surface area (Å²) in [5.74, 6) is 0. The molecule has 0 radical (unpaired) electrons. The smallest absolute Gasteiger partial charge is 0.0897 e. The predicted molar refractivity (Wildman–Crippen MR) is 113 cm³/mol. The average molecular weight is 384 g/mol. The molecule has 1 heterocycles. The quantitative estimate of drug-likeness (QED) is 0.581. The Balaban J connectivity index is 1.20. The van der Waals surface area contributed by atoms with Crippen LogP contribution < -0.4 is 5.32 Å². The molecule has 3 rings (SSSR count). The van der Waals surface area contributed by atoms with Crippen molar-refractivity contribution in [1.29, 1.82) is 0 Å². The summed E-state index contributed by atoms with van der Waals surface area (Å²) in [7, 11) is 0. The Kier molecular flexibility index (Phi) is 8.94. The van der Waals surface area contributed by atoms with Crippen LogP contribution in [0, 0.1) is 0 Å². The highest BCUT2D eigenvalue weighted by molar-refractivity contribution is 5.14. The molecule has 0 saturated carbocycles. The van der Waals surface area contributed by atoms with Crippen LogP contribution in [0.15, 0.2) is 60.7 Å². The average Bonchev–Trinajstić information content (AvgIpc) is 2.74. The van der Waals surface area contributed by atoms with Crippen LogP contribution in [0.3, 0.4) is 0 Å². The van der Waals surface area contributed by atoms with Crippen molar-refractivity contribution in [3.8, 4) is 0 Å². The monoisotopic (exact) mass is 383 g/mol. The number of nitrogens with one attached hydrogen (secondary N) is 1. The molecule has 1 aliphatic heterocycles. The Bertz CT molecular complexity index is 645. The first kappa shape index (κ1) is 21.0. The van der Waals surface area contributed by atoms with Gasteiger partial charge in [0, 0.05) is 52.4 Å². The summed E-state index contributed by atoms with van der Waals surface area (Å²) in [4.78, 5) is 5.01. The van der Waals surface area contributed by atoms with Crippen LogP contribution in [-0.4, -0.2) is 73.4 Å². The summed E-state index contributed by atoms with van der Waals surface area (Å²) >= 11 is 0. The van der Waals surface area contributed by atoms with Gasteiger partial charge in [-0.3, -0.25) is 9.80 Å². The van der Waals surface area contributed by atoms with Crippen molar-refractivity contribution in [3.63, 3.8) is 0 Å². The van der Waals surface area contributed by atoms with Crippen LogP contribution in [-0.2, 0) is 17.9 Å². The molecule has 2 N–H and O–H groups in total. The van der Waals surface area contributed by atoms with Crippen molar-refractivity contribution in [1.82, 2.24) is 15.1 Å². The number of hydrogen-bond donors (Lipinski definition) is 2. The lowest BCUT2D eigenvalue weighted by molar-refractivity contribution is 0.0284. The van der Waals surface area contributed by atoms with Gasteiger partial charge >= 0.3 is 0 Å². The molecule has 0 unspecified atom stereocenters. The number of nitrogens with zero attached hydrogens (tertiary/aromatic N) is 2. The third-order valence-electron chi connectivity index (χ3n) is 5.12. The van der Waals surface area contributed by atoms with Crippen molar-refractivity contribution >= 4 is 0 Å². The first-order chi connectivity index (χ1) is 13.8. The molecular weight excluding hydrogens is 350 g/mol. The minimum Gasteiger partial charge on any atom is -0.389 e. The molecule has 0 aliphatic carbocycles. The Labute approximate surface area is 168 Å². The van der Waals surface area contributed by atoms with E-state index in [0.29, 0.717) is 19.8 Å². The number of aliphatic hydroxyl groups excluding tert-OH is 1. The van der Waals surface area contributed by atoms with Gasteiger partial charge in [0.1, 0.15) is 0 Å². The van der Waals surface area contributed by atoms with E-state index in [9.17, 15) is 5.11 Å². The largest absolute Gasteiger partial charge is 0.389 e. The van der Waals surface area contributed by atoms with Gasteiger partial charge in [-0.15, -0.1) is 0 Å². The molecule has 0 spiro atoms. The highest BCUT2D eigenvalue weighted by Crippen LogP contribution is 2.08. The summed E-state index contributed by atoms with van der Waals surface area (Å²) in [6, 6.07) is 20.7. The number of benzene rings is 2. The minimum atomic E-state index is -0.466. The fourth-order valence-electron chi connectivity index (χ4n) is 3.46. The van der Waals surface area contributed by atoms with E-state index in [0.717, 1.165) is 51.4 Å². The lowest BCUT2D eigenvalue weighted by Gasteiger charge is -2.34. The highest BCUT2D eigenvalue weighted by atomic mass is 16.5. The molecule has 5 heteroatoms. The molecule has 1 atom stereocenters. The van der Waals surface area contributed by atoms with Crippen LogP contribution in [0.4, 0.5) is 0 Å². The van der Waals surface area contributed by atoms with Gasteiger partial charge in [0.25, 0.3) is 0 Å². The van der Waals surface area contributed by atoms with Gasteiger partial charge in [-0.05, 0) is 11.1 Å². The standard InChI is InChI=1S/C23H33N3O2/c27-23(20-28-19-22-9-5-2-6-10-22)17-24-11-12-25-13-15-26(16-14-25)18-21-7-3-1-4-8-21/h1-10,23-24,27H,11-20H2/t23-/m1/s1. The summed E-state index contributed by atoms with van der Waals surface area (Å²) in [6.45, 7) is 8.89. The molecule has 1 saturated heterocycles. The van der Waals surface area contributed by atoms with E-state index >= 15 is 0 Å². The van der Waals surface area contributed by atoms with Gasteiger partial charge in [-0.2, -0.15) is 0 Å². The maximum atomic E-state index is 10.0. The number of aliphatic hydroxyl groups is 1. The van der Waals surface area contributed by atoms with Gasteiger partial charge in [0.05, 0.1) is 19.3 Å². The minimum absolute atomic E-state index is 0.361. The second kappa shape index (κ2) is 11.9. The number of hydrogen-bond acceptors (Lipinski definition) is 5. The van der Waals surface area contributed by atoms with E-state index in [1.54, 1.807) is 0 Å². The Morgan fingerprint density at radius 2 is 1.46 bits per heavy atom. The van der Waals surface area contributed by atoms with E-state index in [4.69, 9.17) is 4.74 Å². The van der Waals surface area contributed by atoms with Crippen LogP contribution in [0.1, 0.15) is 11.1 Å². The van der Waals surface area contributed by atoms with Gasteiger partial charge in [-0.1, -0.05) is 60.7 Å². The molecule has 152 valence electrons. The van der Waals surface area contributed by atoms with Crippen LogP contribution in [0.5, 0.6) is 0 Å². The third kappa shape index (κ3) is 7.70. The summed E-state index contributed by atoms with van der Waals surface area (Å²) in [6.07, 6.45) is -0.466. The molecule has 5 nitrogen and oxygen atoms in total. The van der Waals surface area contributed by atoms with Crippen molar-refractivity contribution in [2.24, 2.45) is 0 Å². The zero-order chi connectivity index (χ0) is 19.4. The van der Waals surface area contributed by atoms with Crippen molar-refractivity contribution in [2.75, 3.05) is 52.4 Å². The summed E-state index contributed by atoms with van der Waals surface area (Å²) in [5.41, 5.74) is 2.52. The lowest BCUT2D eigenvalue weighted by atomic mass is 10.2. The molecule has 1 aliphatic rings. The fourth-order valence-corrected chi connectivity index (χ4v) is 3.46. The zero-order valence-electron chi connectivity index (χ0n) is 16.7. The molecular formula is C23H33N3O2. The normalized spacial score (nSPS) is 16.9. The topological polar surface area (TPSA) is 48.0 Å². The van der Waals surface area contributed by atoms with Gasteiger partial charge in [0.2, 0.25) is 0 Å². The maximum Gasteiger partial charge on any atom is 0.0897 e. The van der Waals surface area contributed by atoms with E-state index in [1.165, 1.54) is 5.56 Å². The third-order valence-corrected chi connectivity index (χ3v) is 5.12. The van der Waals surface area contributed by atoms with Crippen LogP contribution in [0.2, 0.25) is 0 Å². The summed E-state index contributed by atoms with van der Waals surface area (Å²) in [5, 5.41) is 13.4. The van der Waals surface area contributed by atoms with Crippen molar-refractivity contribution in [3.05, 3.63) is 71.8 Å². The molecule has 2 aromatic carbocycles. The molecule has 0 bridgehead atoms. The first-order valence-electron chi connectivity index (χ1n) is 10.3. The maximum absolute atomic E-state index is 10.0. The van der Waals surface area contributed by atoms with E-state index in [2.05, 4.69) is 45.4 Å². The van der Waals surface area contributed by atoms with E-state index in [-0.39, 0.29) is 0 Å². The first-order valence-corrected chi connectivity index (χ1v) is 10.3. The van der Waals surface area contributed by atoms with E-state index in [1.807, 2.05) is 30.3 Å². The van der Waals surface area contributed by atoms with E-state index < -0.39 is 6.10 Å². The van der Waals surface area contributed by atoms with Crippen molar-refractivity contribution < 1.29 is 9.84 Å². The fraction of sp³-hybridized carbons (Fsp3) is 0.478. The SMILES string of the molecule is O[C@H](CNCCN1CCN(Cc2ccccc2)CC1)COCc1ccccc1. The predicted octanol–water partition coefficient (Wildman–Crippen LogP) is 1.97. The second-order valence-electron chi connectivity index (χ2n) is 7.46. The Morgan fingerprint density at radius 1 is 0.857 bits per heavy atom. The molecule has 28 heavy (non-hydrogen) atoms. The zero-order valence-corrected chi connectivity index (χ0v) is 16.7. The molecule has 1 fully saturated rings. The van der Waals surface area contributed by atoms with Gasteiger partial charge < -0.3 is 15.2 Å². The molecule has 2 aromatic rings. The van der Waals surface area contributed by atoms with Crippen LogP contribution in [0.25, 0.3) is 0 Å². The Hall–Kier alpha value is -1.76. The molecule has 0 aromatic heterocycles. The second-order valence-corrected chi connectivity index (χ2v) is 7.46. The molecule has 0 amide bonds. The Morgan fingerprint density at radius 3 is 2.14 bits per heavy atom. The van der Waals surface area contributed by atoms with Gasteiger partial charge in [0.15, 0.2) is 0 Å². The number of ether oxygens (including phenoxy) is 1. The van der Waals surface area contributed by atoms with Crippen molar-refractivity contribution in [2.45, 2.75) is 19.3 Å². The number of piperazine rings is 1. The summed E-state index contributed by atoms with van der Waals surface area (Å²) < 4.78 is 5.58. The lowest BCUT2D eigenvalue weighted by Crippen LogP contribution is -2.48. The van der Waals surface area contributed by atoms with Gasteiger partial charge in [-0.25, -0.2) is 0 Å². The van der Waals surface area contributed by atoms with Crippen LogP contribution >= 0.6 is 0 Å². The number of rotatable bonds is 11.